The summed E-state index contributed by atoms with van der Waals surface area (Å²) in [4.78, 5) is 26.8. The Bertz CT molecular complexity index is 668. The molecule has 19 heavy (non-hydrogen) atoms. The number of aromatic nitrogens is 1. The Kier molecular flexibility index (Phi) is 4.23. The van der Waals surface area contributed by atoms with Crippen LogP contribution in [0.1, 0.15) is 23.8 Å². The van der Waals surface area contributed by atoms with E-state index in [0.717, 1.165) is 5.56 Å². The van der Waals surface area contributed by atoms with Gasteiger partial charge in [0.1, 0.15) is 11.4 Å². The standard InChI is InChI=1S/C12H10ClNO3S2/c1-5-2-6(13)3-8-10(5)14-11(17-8)7(12(16)19)4-9(15)18/h2-3,7H,4H2,1H3,(H,15,18)(H,16,19). The van der Waals surface area contributed by atoms with Gasteiger partial charge in [-0.25, -0.2) is 4.98 Å². The maximum atomic E-state index is 11.5. The number of benzene rings is 1. The van der Waals surface area contributed by atoms with E-state index in [9.17, 15) is 9.59 Å². The van der Waals surface area contributed by atoms with Crippen LogP contribution >= 0.6 is 36.9 Å². The molecule has 4 nitrogen and oxygen atoms in total. The van der Waals surface area contributed by atoms with Crippen molar-refractivity contribution < 1.29 is 14.0 Å². The van der Waals surface area contributed by atoms with Gasteiger partial charge in [-0.05, 0) is 18.6 Å². The number of hydrogen-bond donors (Lipinski definition) is 2. The first-order valence-corrected chi connectivity index (χ1v) is 6.67. The molecule has 0 N–H and O–H groups in total. The number of halogens is 1. The first-order valence-electron chi connectivity index (χ1n) is 5.39. The highest BCUT2D eigenvalue weighted by Gasteiger charge is 2.26. The summed E-state index contributed by atoms with van der Waals surface area (Å²) in [6.45, 7) is 1.84. The zero-order valence-corrected chi connectivity index (χ0v) is 12.4. The van der Waals surface area contributed by atoms with E-state index in [1.165, 1.54) is 0 Å². The maximum Gasteiger partial charge on any atom is 0.207 e. The Morgan fingerprint density at radius 2 is 2.11 bits per heavy atom. The van der Waals surface area contributed by atoms with Gasteiger partial charge in [-0.15, -0.1) is 25.3 Å². The number of fused-ring (bicyclic) bond motifs is 1. The summed E-state index contributed by atoms with van der Waals surface area (Å²) in [6.07, 6.45) is -0.106. The molecule has 1 aromatic heterocycles. The fraction of sp³-hybridized carbons (Fsp3) is 0.250. The third-order valence-electron chi connectivity index (χ3n) is 2.64. The number of rotatable bonds is 4. The predicted molar refractivity (Wildman–Crippen MR) is 79.1 cm³/mol. The van der Waals surface area contributed by atoms with Crippen LogP contribution < -0.4 is 0 Å². The number of nitrogens with zero attached hydrogens (tertiary/aromatic N) is 1. The van der Waals surface area contributed by atoms with Gasteiger partial charge in [0.15, 0.2) is 15.8 Å². The summed E-state index contributed by atoms with van der Waals surface area (Å²) < 4.78 is 5.50. The van der Waals surface area contributed by atoms with E-state index in [0.29, 0.717) is 16.1 Å². The summed E-state index contributed by atoms with van der Waals surface area (Å²) in [7, 11) is 0. The lowest BCUT2D eigenvalue weighted by atomic mass is 10.1. The van der Waals surface area contributed by atoms with Gasteiger partial charge in [0.05, 0.1) is 0 Å². The van der Waals surface area contributed by atoms with Gasteiger partial charge in [-0.1, -0.05) is 11.6 Å². The molecule has 1 aromatic carbocycles. The summed E-state index contributed by atoms with van der Waals surface area (Å²) in [6, 6.07) is 3.36. The summed E-state index contributed by atoms with van der Waals surface area (Å²) >= 11 is 13.3. The molecule has 1 heterocycles. The minimum Gasteiger partial charge on any atom is -0.440 e. The van der Waals surface area contributed by atoms with E-state index in [1.807, 2.05) is 6.92 Å². The van der Waals surface area contributed by atoms with E-state index in [4.69, 9.17) is 16.0 Å². The van der Waals surface area contributed by atoms with Gasteiger partial charge in [0.25, 0.3) is 0 Å². The summed E-state index contributed by atoms with van der Waals surface area (Å²) in [5.74, 6) is -0.679. The average Bonchev–Trinajstić information content (AvgIpc) is 2.68. The third-order valence-corrected chi connectivity index (χ3v) is 3.35. The van der Waals surface area contributed by atoms with Gasteiger partial charge in [-0.3, -0.25) is 9.59 Å². The molecule has 0 bridgehead atoms. The summed E-state index contributed by atoms with van der Waals surface area (Å²) in [5, 5.41) is -0.395. The van der Waals surface area contributed by atoms with Crippen LogP contribution in [0.2, 0.25) is 5.02 Å². The maximum absolute atomic E-state index is 11.5. The molecule has 0 aliphatic carbocycles. The normalized spacial score (nSPS) is 12.6. The van der Waals surface area contributed by atoms with Crippen LogP contribution in [0.25, 0.3) is 11.1 Å². The molecule has 0 fully saturated rings. The molecule has 0 aliphatic heterocycles. The van der Waals surface area contributed by atoms with Gasteiger partial charge in [0.2, 0.25) is 5.89 Å². The van der Waals surface area contributed by atoms with Gasteiger partial charge in [-0.2, -0.15) is 0 Å². The molecule has 0 aliphatic rings. The van der Waals surface area contributed by atoms with Gasteiger partial charge in [0, 0.05) is 17.5 Å². The highest BCUT2D eigenvalue weighted by Crippen LogP contribution is 2.29. The molecule has 100 valence electrons. The summed E-state index contributed by atoms with van der Waals surface area (Å²) in [5.41, 5.74) is 1.93. The molecule has 2 aromatic rings. The number of carbonyl (C=O) groups is 2. The van der Waals surface area contributed by atoms with Crippen molar-refractivity contribution in [3.63, 3.8) is 0 Å². The van der Waals surface area contributed by atoms with Crippen molar-refractivity contribution in [2.24, 2.45) is 0 Å². The molecular formula is C12H10ClNO3S2. The SMILES string of the molecule is Cc1cc(Cl)cc2oc(C(CC(=O)S)C(=O)S)nc12. The van der Waals surface area contributed by atoms with Crippen molar-refractivity contribution in [1.29, 1.82) is 0 Å². The van der Waals surface area contributed by atoms with Crippen LogP contribution in [0, 0.1) is 6.92 Å². The Morgan fingerprint density at radius 1 is 1.42 bits per heavy atom. The van der Waals surface area contributed by atoms with Crippen LogP contribution in [0.15, 0.2) is 16.5 Å². The number of hydrogen-bond acceptors (Lipinski definition) is 4. The fourth-order valence-electron chi connectivity index (χ4n) is 1.78. The molecule has 0 radical (unpaired) electrons. The lowest BCUT2D eigenvalue weighted by Crippen LogP contribution is -2.10. The second-order valence-electron chi connectivity index (χ2n) is 4.11. The van der Waals surface area contributed by atoms with Crippen molar-refractivity contribution in [2.75, 3.05) is 0 Å². The van der Waals surface area contributed by atoms with Crippen LogP contribution in [-0.4, -0.2) is 15.2 Å². The first-order chi connectivity index (χ1) is 8.88. The van der Waals surface area contributed by atoms with E-state index in [-0.39, 0.29) is 12.3 Å². The monoisotopic (exact) mass is 315 g/mol. The number of aryl methyl sites for hydroxylation is 1. The van der Waals surface area contributed by atoms with E-state index in [2.05, 4.69) is 30.2 Å². The van der Waals surface area contributed by atoms with Gasteiger partial charge < -0.3 is 4.42 Å². The Hall–Kier alpha value is -0.980. The molecule has 1 atom stereocenters. The molecule has 0 saturated heterocycles. The van der Waals surface area contributed by atoms with Crippen molar-refractivity contribution in [2.45, 2.75) is 19.3 Å². The second-order valence-corrected chi connectivity index (χ2v) is 5.49. The molecule has 0 amide bonds. The van der Waals surface area contributed by atoms with Gasteiger partial charge >= 0.3 is 0 Å². The quantitative estimate of drug-likeness (QED) is 0.851. The molecule has 0 spiro atoms. The van der Waals surface area contributed by atoms with Crippen LogP contribution in [0.3, 0.4) is 0 Å². The Labute approximate surface area is 125 Å². The van der Waals surface area contributed by atoms with Crippen LogP contribution in [-0.2, 0) is 9.59 Å². The average molecular weight is 316 g/mol. The second kappa shape index (κ2) is 5.56. The zero-order chi connectivity index (χ0) is 14.2. The lowest BCUT2D eigenvalue weighted by Gasteiger charge is -2.05. The minimum atomic E-state index is -0.834. The van der Waals surface area contributed by atoms with Crippen LogP contribution in [0.4, 0.5) is 0 Å². The van der Waals surface area contributed by atoms with E-state index in [1.54, 1.807) is 12.1 Å². The predicted octanol–water partition coefficient (Wildman–Crippen LogP) is 3.18. The number of carbonyl (C=O) groups excluding carboxylic acids is 2. The lowest BCUT2D eigenvalue weighted by molar-refractivity contribution is -0.117. The topological polar surface area (TPSA) is 60.2 Å². The smallest absolute Gasteiger partial charge is 0.207 e. The molecule has 2 rings (SSSR count). The molecule has 1 unspecified atom stereocenters. The molecule has 7 heteroatoms. The number of oxazole rings is 1. The molecular weight excluding hydrogens is 306 g/mol. The van der Waals surface area contributed by atoms with E-state index >= 15 is 0 Å². The highest BCUT2D eigenvalue weighted by atomic mass is 35.5. The highest BCUT2D eigenvalue weighted by molar-refractivity contribution is 7.97. The van der Waals surface area contributed by atoms with Crippen molar-refractivity contribution in [1.82, 2.24) is 4.98 Å². The zero-order valence-electron chi connectivity index (χ0n) is 9.88. The Morgan fingerprint density at radius 3 is 2.68 bits per heavy atom. The molecule has 0 saturated carbocycles. The fourth-order valence-corrected chi connectivity index (χ4v) is 2.42. The third kappa shape index (κ3) is 3.13. The van der Waals surface area contributed by atoms with Crippen molar-refractivity contribution in [3.05, 3.63) is 28.6 Å². The number of thiol groups is 2. The first kappa shape index (κ1) is 14.4. The minimum absolute atomic E-state index is 0.106. The largest absolute Gasteiger partial charge is 0.440 e. The van der Waals surface area contributed by atoms with E-state index < -0.39 is 16.1 Å². The van der Waals surface area contributed by atoms with Crippen molar-refractivity contribution in [3.8, 4) is 0 Å². The Balaban J connectivity index is 2.52. The van der Waals surface area contributed by atoms with Crippen LogP contribution in [0.5, 0.6) is 0 Å². The van der Waals surface area contributed by atoms with Crippen molar-refractivity contribution >= 4 is 58.2 Å².